The molecule has 3 heteroatoms. The molecule has 1 rings (SSSR count). The summed E-state index contributed by atoms with van der Waals surface area (Å²) in [6, 6.07) is 0. The summed E-state index contributed by atoms with van der Waals surface area (Å²) in [5.41, 5.74) is 0.918. The second-order valence-electron chi connectivity index (χ2n) is 2.47. The van der Waals surface area contributed by atoms with Gasteiger partial charge in [-0.2, -0.15) is 0 Å². The molecule has 0 aromatic rings. The van der Waals surface area contributed by atoms with Crippen molar-refractivity contribution in [2.75, 3.05) is 0 Å². The highest BCUT2D eigenvalue weighted by Gasteiger charge is 2.19. The van der Waals surface area contributed by atoms with Crippen molar-refractivity contribution in [3.05, 3.63) is 23.7 Å². The summed E-state index contributed by atoms with van der Waals surface area (Å²) >= 11 is 0. The maximum Gasteiger partial charge on any atom is 0.207 e. The van der Waals surface area contributed by atoms with E-state index in [4.69, 9.17) is 9.47 Å². The Morgan fingerprint density at radius 2 is 2.20 bits per heavy atom. The Morgan fingerprint density at radius 3 is 2.40 bits per heavy atom. The maximum absolute atomic E-state index is 5.29. The summed E-state index contributed by atoms with van der Waals surface area (Å²) in [5, 5.41) is 0. The van der Waals surface area contributed by atoms with Gasteiger partial charge in [-0.15, -0.1) is 0 Å². The van der Waals surface area contributed by atoms with Crippen LogP contribution in [0.1, 0.15) is 13.8 Å². The van der Waals surface area contributed by atoms with E-state index < -0.39 is 0 Å². The molecule has 0 bridgehead atoms. The van der Waals surface area contributed by atoms with Gasteiger partial charge in [0.2, 0.25) is 7.85 Å². The van der Waals surface area contributed by atoms with Gasteiger partial charge in [-0.05, 0) is 19.4 Å². The quantitative estimate of drug-likeness (QED) is 0.498. The Balaban J connectivity index is 2.76. The van der Waals surface area contributed by atoms with E-state index in [2.05, 4.69) is 6.58 Å². The molecule has 0 fully saturated rings. The molecule has 1 aliphatic heterocycles. The van der Waals surface area contributed by atoms with Gasteiger partial charge in [0.25, 0.3) is 0 Å². The molecule has 0 aromatic carbocycles. The average molecular weight is 138 g/mol. The average Bonchev–Trinajstić information content (AvgIpc) is 2.10. The Morgan fingerprint density at radius 1 is 1.60 bits per heavy atom. The molecule has 1 heterocycles. The van der Waals surface area contributed by atoms with Crippen LogP contribution in [0, 0.1) is 0 Å². The lowest BCUT2D eigenvalue weighted by atomic mass is 10.1. The van der Waals surface area contributed by atoms with Crippen LogP contribution in [0.25, 0.3) is 0 Å². The van der Waals surface area contributed by atoms with E-state index in [1.807, 2.05) is 21.7 Å². The Hall–Kier alpha value is -0.855. The third-order valence-electron chi connectivity index (χ3n) is 1.33. The Bertz CT molecular complexity index is 196. The maximum atomic E-state index is 5.29. The molecule has 1 atom stereocenters. The minimum absolute atomic E-state index is 0.147. The van der Waals surface area contributed by atoms with Gasteiger partial charge in [-0.25, -0.2) is 0 Å². The molecule has 0 aliphatic carbocycles. The number of hydrogen-bond donors (Lipinski definition) is 0. The van der Waals surface area contributed by atoms with Gasteiger partial charge in [0.15, 0.2) is 11.9 Å². The van der Waals surface area contributed by atoms with Gasteiger partial charge in [0, 0.05) is 0 Å². The van der Waals surface area contributed by atoms with Crippen molar-refractivity contribution in [2.24, 2.45) is 0 Å². The zero-order valence-electron chi connectivity index (χ0n) is 6.60. The first kappa shape index (κ1) is 7.25. The molecule has 10 heavy (non-hydrogen) atoms. The normalized spacial score (nSPS) is 24.0. The second kappa shape index (κ2) is 2.41. The lowest BCUT2D eigenvalue weighted by Crippen LogP contribution is -2.07. The minimum atomic E-state index is -0.147. The third-order valence-corrected chi connectivity index (χ3v) is 1.33. The highest BCUT2D eigenvalue weighted by molar-refractivity contribution is 6.10. The van der Waals surface area contributed by atoms with E-state index in [-0.39, 0.29) is 6.19 Å². The smallest absolute Gasteiger partial charge is 0.207 e. The standard InChI is InChI=1S/C7H11BO2/c1-4(2)6-5(3)9-7(8)10-6/h7H,1,8H2,2-3H3. The van der Waals surface area contributed by atoms with Crippen molar-refractivity contribution >= 4 is 7.85 Å². The zero-order valence-corrected chi connectivity index (χ0v) is 6.60. The molecule has 54 valence electrons. The summed E-state index contributed by atoms with van der Waals surface area (Å²) < 4.78 is 10.5. The number of allylic oxidation sites excluding steroid dienone is 2. The van der Waals surface area contributed by atoms with Crippen LogP contribution in [-0.4, -0.2) is 14.0 Å². The monoisotopic (exact) mass is 138 g/mol. The first-order valence-corrected chi connectivity index (χ1v) is 3.31. The first-order chi connectivity index (χ1) is 4.61. The predicted octanol–water partition coefficient (Wildman–Crippen LogP) is 0.757. The fourth-order valence-corrected chi connectivity index (χ4v) is 0.977. The van der Waals surface area contributed by atoms with E-state index in [9.17, 15) is 0 Å². The van der Waals surface area contributed by atoms with Crippen LogP contribution in [0.5, 0.6) is 0 Å². The highest BCUT2D eigenvalue weighted by Crippen LogP contribution is 2.24. The van der Waals surface area contributed by atoms with Crippen molar-refractivity contribution in [1.82, 2.24) is 0 Å². The minimum Gasteiger partial charge on any atom is -0.465 e. The highest BCUT2D eigenvalue weighted by atomic mass is 16.7. The predicted molar refractivity (Wildman–Crippen MR) is 42.0 cm³/mol. The molecule has 0 amide bonds. The van der Waals surface area contributed by atoms with Crippen LogP contribution < -0.4 is 0 Å². The van der Waals surface area contributed by atoms with Crippen molar-refractivity contribution in [2.45, 2.75) is 20.0 Å². The number of rotatable bonds is 1. The van der Waals surface area contributed by atoms with Gasteiger partial charge in [0.05, 0.1) is 0 Å². The van der Waals surface area contributed by atoms with Crippen LogP contribution in [0.15, 0.2) is 23.7 Å². The van der Waals surface area contributed by atoms with Gasteiger partial charge in [0.1, 0.15) is 5.76 Å². The fraction of sp³-hybridized carbons (Fsp3) is 0.429. The fourth-order valence-electron chi connectivity index (χ4n) is 0.977. The van der Waals surface area contributed by atoms with Crippen LogP contribution in [0.4, 0.5) is 0 Å². The van der Waals surface area contributed by atoms with Crippen LogP contribution >= 0.6 is 0 Å². The van der Waals surface area contributed by atoms with Gasteiger partial charge >= 0.3 is 0 Å². The van der Waals surface area contributed by atoms with Crippen molar-refractivity contribution in [3.63, 3.8) is 0 Å². The first-order valence-electron chi connectivity index (χ1n) is 3.31. The summed E-state index contributed by atoms with van der Waals surface area (Å²) in [5.74, 6) is 1.63. The Labute approximate surface area is 61.9 Å². The summed E-state index contributed by atoms with van der Waals surface area (Å²) in [6.07, 6.45) is -0.147. The van der Waals surface area contributed by atoms with E-state index in [0.717, 1.165) is 17.1 Å². The molecular weight excluding hydrogens is 127 g/mol. The molecule has 0 aromatic heterocycles. The molecule has 1 unspecified atom stereocenters. The molecule has 0 N–H and O–H groups in total. The molecular formula is C7H11BO2. The SMILES string of the molecule is BC1OC(C)=C(C(=C)C)O1. The third kappa shape index (κ3) is 1.18. The molecule has 0 saturated heterocycles. The van der Waals surface area contributed by atoms with Crippen LogP contribution in [-0.2, 0) is 9.47 Å². The number of ether oxygens (including phenoxy) is 2. The largest absolute Gasteiger partial charge is 0.465 e. The van der Waals surface area contributed by atoms with Crippen LogP contribution in [0.2, 0.25) is 0 Å². The van der Waals surface area contributed by atoms with Crippen LogP contribution in [0.3, 0.4) is 0 Å². The lowest BCUT2D eigenvalue weighted by molar-refractivity contribution is 0.0319. The van der Waals surface area contributed by atoms with Gasteiger partial charge < -0.3 is 9.47 Å². The van der Waals surface area contributed by atoms with E-state index in [1.165, 1.54) is 0 Å². The summed E-state index contributed by atoms with van der Waals surface area (Å²) in [4.78, 5) is 0. The molecule has 0 saturated carbocycles. The topological polar surface area (TPSA) is 18.5 Å². The number of hydrogen-bond acceptors (Lipinski definition) is 2. The van der Waals surface area contributed by atoms with E-state index in [1.54, 1.807) is 0 Å². The van der Waals surface area contributed by atoms with Crippen molar-refractivity contribution in [3.8, 4) is 0 Å². The van der Waals surface area contributed by atoms with E-state index in [0.29, 0.717) is 0 Å². The molecule has 2 nitrogen and oxygen atoms in total. The molecule has 1 aliphatic rings. The lowest BCUT2D eigenvalue weighted by Gasteiger charge is -2.04. The van der Waals surface area contributed by atoms with Gasteiger partial charge in [-0.1, -0.05) is 6.58 Å². The Kier molecular flexibility index (Phi) is 1.75. The van der Waals surface area contributed by atoms with Gasteiger partial charge in [-0.3, -0.25) is 0 Å². The van der Waals surface area contributed by atoms with Crippen molar-refractivity contribution in [1.29, 1.82) is 0 Å². The summed E-state index contributed by atoms with van der Waals surface area (Å²) in [6.45, 7) is 7.54. The van der Waals surface area contributed by atoms with E-state index >= 15 is 0 Å². The zero-order chi connectivity index (χ0) is 7.72. The second-order valence-corrected chi connectivity index (χ2v) is 2.47. The molecule has 0 radical (unpaired) electrons. The summed E-state index contributed by atoms with van der Waals surface area (Å²) in [7, 11) is 1.86. The molecule has 0 spiro atoms. The van der Waals surface area contributed by atoms with Crippen molar-refractivity contribution < 1.29 is 9.47 Å².